The summed E-state index contributed by atoms with van der Waals surface area (Å²) in [5.74, 6) is 2.33. The zero-order valence-corrected chi connectivity index (χ0v) is 11.2. The van der Waals surface area contributed by atoms with Gasteiger partial charge in [-0.05, 0) is 31.4 Å². The lowest BCUT2D eigenvalue weighted by Crippen LogP contribution is -2.22. The van der Waals surface area contributed by atoms with Crippen LogP contribution in [-0.4, -0.2) is 28.9 Å². The van der Waals surface area contributed by atoms with Gasteiger partial charge in [-0.15, -0.1) is 11.6 Å². The molecule has 1 unspecified atom stereocenters. The van der Waals surface area contributed by atoms with Gasteiger partial charge >= 0.3 is 0 Å². The summed E-state index contributed by atoms with van der Waals surface area (Å²) in [6.07, 6.45) is 1.15. The van der Waals surface area contributed by atoms with Crippen molar-refractivity contribution in [1.29, 1.82) is 0 Å². The van der Waals surface area contributed by atoms with Gasteiger partial charge < -0.3 is 4.90 Å². The molecule has 3 nitrogen and oxygen atoms in total. The zero-order valence-electron chi connectivity index (χ0n) is 10.4. The van der Waals surface area contributed by atoms with E-state index in [1.54, 1.807) is 0 Å². The van der Waals surface area contributed by atoms with Crippen LogP contribution in [0.4, 0.5) is 5.82 Å². The number of nitrogens with zero attached hydrogens (tertiary/aromatic N) is 3. The highest BCUT2D eigenvalue weighted by Gasteiger charge is 2.24. The maximum Gasteiger partial charge on any atom is 0.150 e. The van der Waals surface area contributed by atoms with E-state index in [0.717, 1.165) is 47.9 Å². The van der Waals surface area contributed by atoms with E-state index in [1.165, 1.54) is 0 Å². The van der Waals surface area contributed by atoms with E-state index in [1.807, 2.05) is 31.2 Å². The molecule has 18 heavy (non-hydrogen) atoms. The third kappa shape index (κ3) is 2.03. The molecule has 1 saturated heterocycles. The zero-order chi connectivity index (χ0) is 12.5. The molecule has 0 radical (unpaired) electrons. The fourth-order valence-corrected chi connectivity index (χ4v) is 2.78. The monoisotopic (exact) mass is 261 g/mol. The number of alkyl halides is 1. The van der Waals surface area contributed by atoms with E-state index in [2.05, 4.69) is 9.88 Å². The molecule has 1 aromatic heterocycles. The van der Waals surface area contributed by atoms with Gasteiger partial charge in [-0.25, -0.2) is 9.97 Å². The number of anilines is 1. The summed E-state index contributed by atoms with van der Waals surface area (Å²) in [5.41, 5.74) is 2.93. The molecule has 94 valence electrons. The van der Waals surface area contributed by atoms with E-state index in [9.17, 15) is 0 Å². The van der Waals surface area contributed by atoms with Crippen LogP contribution in [0.3, 0.4) is 0 Å². The molecule has 1 aliphatic heterocycles. The Hall–Kier alpha value is -1.35. The highest BCUT2D eigenvalue weighted by Crippen LogP contribution is 2.26. The standard InChI is InChI=1S/C14H16ClN3/c1-10-14(18-7-6-11(8-15)9-18)17-13-5-3-2-4-12(13)16-10/h2-5,11H,6-9H2,1H3. The number of hydrogen-bond acceptors (Lipinski definition) is 3. The minimum atomic E-state index is 0.583. The topological polar surface area (TPSA) is 29.0 Å². The van der Waals surface area contributed by atoms with Gasteiger partial charge in [-0.2, -0.15) is 0 Å². The van der Waals surface area contributed by atoms with Crippen LogP contribution in [0.15, 0.2) is 24.3 Å². The summed E-state index contributed by atoms with van der Waals surface area (Å²) in [6.45, 7) is 4.06. The molecule has 0 amide bonds. The smallest absolute Gasteiger partial charge is 0.150 e. The highest BCUT2D eigenvalue weighted by atomic mass is 35.5. The van der Waals surface area contributed by atoms with Gasteiger partial charge in [0.15, 0.2) is 5.82 Å². The van der Waals surface area contributed by atoms with Crippen molar-refractivity contribution in [3.05, 3.63) is 30.0 Å². The third-order valence-electron chi connectivity index (χ3n) is 3.52. The van der Waals surface area contributed by atoms with Crippen molar-refractivity contribution >= 4 is 28.5 Å². The van der Waals surface area contributed by atoms with Crippen LogP contribution in [0.5, 0.6) is 0 Å². The predicted octanol–water partition coefficient (Wildman–Crippen LogP) is 3.00. The molecule has 2 aromatic rings. The molecule has 0 N–H and O–H groups in total. The summed E-state index contributed by atoms with van der Waals surface area (Å²) < 4.78 is 0. The van der Waals surface area contributed by atoms with Crippen molar-refractivity contribution in [2.24, 2.45) is 5.92 Å². The van der Waals surface area contributed by atoms with E-state index < -0.39 is 0 Å². The normalized spacial score (nSPS) is 19.7. The summed E-state index contributed by atoms with van der Waals surface area (Å²) in [5, 5.41) is 0. The molecule has 0 aliphatic carbocycles. The molecule has 0 bridgehead atoms. The maximum absolute atomic E-state index is 5.93. The second kappa shape index (κ2) is 4.73. The number of benzene rings is 1. The molecule has 0 spiro atoms. The fraction of sp³-hybridized carbons (Fsp3) is 0.429. The number of aromatic nitrogens is 2. The van der Waals surface area contributed by atoms with E-state index in [0.29, 0.717) is 5.92 Å². The van der Waals surface area contributed by atoms with E-state index in [-0.39, 0.29) is 0 Å². The van der Waals surface area contributed by atoms with Gasteiger partial charge in [0.25, 0.3) is 0 Å². The number of rotatable bonds is 2. The molecule has 1 aromatic carbocycles. The lowest BCUT2D eigenvalue weighted by molar-refractivity contribution is 0.666. The lowest BCUT2D eigenvalue weighted by Gasteiger charge is -2.19. The molecule has 3 rings (SSSR count). The lowest BCUT2D eigenvalue weighted by atomic mass is 10.2. The van der Waals surface area contributed by atoms with Crippen LogP contribution in [0, 0.1) is 12.8 Å². The Balaban J connectivity index is 1.99. The Morgan fingerprint density at radius 1 is 1.28 bits per heavy atom. The Kier molecular flexibility index (Phi) is 3.08. The van der Waals surface area contributed by atoms with Crippen molar-refractivity contribution in [2.45, 2.75) is 13.3 Å². The molecular weight excluding hydrogens is 246 g/mol. The minimum absolute atomic E-state index is 0.583. The molecule has 4 heteroatoms. The second-order valence-electron chi connectivity index (χ2n) is 4.88. The molecule has 0 saturated carbocycles. The van der Waals surface area contributed by atoms with Crippen molar-refractivity contribution < 1.29 is 0 Å². The van der Waals surface area contributed by atoms with E-state index in [4.69, 9.17) is 16.6 Å². The van der Waals surface area contributed by atoms with E-state index >= 15 is 0 Å². The number of aryl methyl sites for hydroxylation is 1. The Labute approximate surface area is 112 Å². The Bertz CT molecular complexity index is 570. The molecule has 2 heterocycles. The first-order valence-corrected chi connectivity index (χ1v) is 6.85. The van der Waals surface area contributed by atoms with Crippen molar-refractivity contribution in [3.8, 4) is 0 Å². The summed E-state index contributed by atoms with van der Waals surface area (Å²) in [6, 6.07) is 8.02. The van der Waals surface area contributed by atoms with Gasteiger partial charge in [-0.3, -0.25) is 0 Å². The molecule has 1 aliphatic rings. The Morgan fingerprint density at radius 3 is 2.67 bits per heavy atom. The van der Waals surface area contributed by atoms with Crippen LogP contribution in [0.25, 0.3) is 11.0 Å². The molecule has 1 fully saturated rings. The van der Waals surface area contributed by atoms with Gasteiger partial charge in [0.05, 0.1) is 16.7 Å². The van der Waals surface area contributed by atoms with Crippen molar-refractivity contribution in [3.63, 3.8) is 0 Å². The van der Waals surface area contributed by atoms with Crippen LogP contribution in [-0.2, 0) is 0 Å². The van der Waals surface area contributed by atoms with Gasteiger partial charge in [0.1, 0.15) is 0 Å². The summed E-state index contributed by atoms with van der Waals surface area (Å²) in [7, 11) is 0. The number of hydrogen-bond donors (Lipinski definition) is 0. The third-order valence-corrected chi connectivity index (χ3v) is 3.96. The average molecular weight is 262 g/mol. The predicted molar refractivity (Wildman–Crippen MR) is 75.3 cm³/mol. The highest BCUT2D eigenvalue weighted by molar-refractivity contribution is 6.18. The van der Waals surface area contributed by atoms with Crippen LogP contribution in [0.2, 0.25) is 0 Å². The largest absolute Gasteiger partial charge is 0.355 e. The number of halogens is 1. The quantitative estimate of drug-likeness (QED) is 0.779. The average Bonchev–Trinajstić information content (AvgIpc) is 2.86. The Morgan fingerprint density at radius 2 is 2.00 bits per heavy atom. The maximum atomic E-state index is 5.93. The molecule has 1 atom stereocenters. The van der Waals surface area contributed by atoms with Gasteiger partial charge in [0, 0.05) is 19.0 Å². The van der Waals surface area contributed by atoms with Crippen LogP contribution < -0.4 is 4.90 Å². The molecular formula is C14H16ClN3. The minimum Gasteiger partial charge on any atom is -0.355 e. The first-order chi connectivity index (χ1) is 8.78. The summed E-state index contributed by atoms with van der Waals surface area (Å²) in [4.78, 5) is 11.7. The second-order valence-corrected chi connectivity index (χ2v) is 5.18. The number of para-hydroxylation sites is 2. The van der Waals surface area contributed by atoms with Gasteiger partial charge in [0.2, 0.25) is 0 Å². The summed E-state index contributed by atoms with van der Waals surface area (Å²) >= 11 is 5.93. The fourth-order valence-electron chi connectivity index (χ4n) is 2.53. The first kappa shape index (κ1) is 11.7. The first-order valence-electron chi connectivity index (χ1n) is 6.32. The van der Waals surface area contributed by atoms with Gasteiger partial charge in [-0.1, -0.05) is 12.1 Å². The van der Waals surface area contributed by atoms with Crippen LogP contribution >= 0.6 is 11.6 Å². The SMILES string of the molecule is Cc1nc2ccccc2nc1N1CCC(CCl)C1. The van der Waals surface area contributed by atoms with Crippen LogP contribution in [0.1, 0.15) is 12.1 Å². The number of fused-ring (bicyclic) bond motifs is 1. The van der Waals surface area contributed by atoms with Crippen molar-refractivity contribution in [1.82, 2.24) is 9.97 Å². The van der Waals surface area contributed by atoms with Crippen molar-refractivity contribution in [2.75, 3.05) is 23.9 Å².